The molecule has 1 aliphatic rings. The molecule has 1 amide bonds. The second-order valence-electron chi connectivity index (χ2n) is 5.13. The Balaban J connectivity index is 1.66. The van der Waals surface area contributed by atoms with E-state index in [1.54, 1.807) is 11.3 Å². The van der Waals surface area contributed by atoms with Crippen molar-refractivity contribution in [2.75, 3.05) is 13.1 Å². The molecule has 0 unspecified atom stereocenters. The standard InChI is InChI=1S/C16H18N2OS/c19-15(18-9-5-2-6-10-18)11-14-12-20-16(17-14)13-7-3-1-4-8-13/h1,3-4,7-8,12H,2,5-6,9-11H2. The smallest absolute Gasteiger partial charge is 0.228 e. The third-order valence-electron chi connectivity index (χ3n) is 3.61. The van der Waals surface area contributed by atoms with Gasteiger partial charge in [0.25, 0.3) is 0 Å². The molecule has 0 atom stereocenters. The van der Waals surface area contributed by atoms with Crippen LogP contribution in [0, 0.1) is 0 Å². The molecule has 1 aromatic heterocycles. The first kappa shape index (κ1) is 13.3. The quantitative estimate of drug-likeness (QED) is 0.866. The van der Waals surface area contributed by atoms with Gasteiger partial charge in [-0.2, -0.15) is 0 Å². The number of hydrogen-bond acceptors (Lipinski definition) is 3. The summed E-state index contributed by atoms with van der Waals surface area (Å²) in [5.41, 5.74) is 2.01. The van der Waals surface area contributed by atoms with E-state index in [0.29, 0.717) is 6.42 Å². The second-order valence-corrected chi connectivity index (χ2v) is 5.99. The third kappa shape index (κ3) is 3.07. The predicted molar refractivity (Wildman–Crippen MR) is 81.7 cm³/mol. The average molecular weight is 286 g/mol. The maximum atomic E-state index is 12.2. The zero-order chi connectivity index (χ0) is 13.8. The zero-order valence-electron chi connectivity index (χ0n) is 11.4. The summed E-state index contributed by atoms with van der Waals surface area (Å²) >= 11 is 1.61. The molecular formula is C16H18N2OS. The fourth-order valence-electron chi connectivity index (χ4n) is 2.51. The van der Waals surface area contributed by atoms with Crippen LogP contribution in [0.3, 0.4) is 0 Å². The Bertz CT molecular complexity index is 573. The van der Waals surface area contributed by atoms with Crippen LogP contribution in [0.4, 0.5) is 0 Å². The van der Waals surface area contributed by atoms with Crippen molar-refractivity contribution in [2.24, 2.45) is 0 Å². The first-order valence-corrected chi connectivity index (χ1v) is 7.98. The average Bonchev–Trinajstić information content (AvgIpc) is 2.97. The normalized spacial score (nSPS) is 15.3. The molecule has 0 aliphatic carbocycles. The molecule has 3 nitrogen and oxygen atoms in total. The van der Waals surface area contributed by atoms with Gasteiger partial charge in [-0.15, -0.1) is 11.3 Å². The molecule has 104 valence electrons. The number of likely N-dealkylation sites (tertiary alicyclic amines) is 1. The van der Waals surface area contributed by atoms with Crippen molar-refractivity contribution < 1.29 is 4.79 Å². The van der Waals surface area contributed by atoms with Crippen LogP contribution in [-0.4, -0.2) is 28.9 Å². The fraction of sp³-hybridized carbons (Fsp3) is 0.375. The molecule has 1 aliphatic heterocycles. The van der Waals surface area contributed by atoms with Crippen LogP contribution in [0.15, 0.2) is 35.7 Å². The Morgan fingerprint density at radius 1 is 1.15 bits per heavy atom. The second kappa shape index (κ2) is 6.18. The van der Waals surface area contributed by atoms with Gasteiger partial charge < -0.3 is 4.90 Å². The van der Waals surface area contributed by atoms with Gasteiger partial charge in [0.15, 0.2) is 0 Å². The van der Waals surface area contributed by atoms with Crippen LogP contribution in [0.5, 0.6) is 0 Å². The van der Waals surface area contributed by atoms with Gasteiger partial charge in [-0.05, 0) is 19.3 Å². The molecule has 0 N–H and O–H groups in total. The summed E-state index contributed by atoms with van der Waals surface area (Å²) in [5.74, 6) is 0.217. The molecule has 0 bridgehead atoms. The number of piperidine rings is 1. The van der Waals surface area contributed by atoms with Gasteiger partial charge in [0.1, 0.15) is 5.01 Å². The van der Waals surface area contributed by atoms with Gasteiger partial charge in [0.2, 0.25) is 5.91 Å². The minimum Gasteiger partial charge on any atom is -0.342 e. The number of rotatable bonds is 3. The number of hydrogen-bond donors (Lipinski definition) is 0. The highest BCUT2D eigenvalue weighted by molar-refractivity contribution is 7.13. The topological polar surface area (TPSA) is 33.2 Å². The number of aromatic nitrogens is 1. The molecule has 2 aromatic rings. The largest absolute Gasteiger partial charge is 0.342 e. The molecule has 0 radical (unpaired) electrons. The summed E-state index contributed by atoms with van der Waals surface area (Å²) in [6, 6.07) is 10.1. The summed E-state index contributed by atoms with van der Waals surface area (Å²) in [7, 11) is 0. The van der Waals surface area contributed by atoms with Crippen LogP contribution in [-0.2, 0) is 11.2 Å². The summed E-state index contributed by atoms with van der Waals surface area (Å²) in [6.07, 6.45) is 3.96. The highest BCUT2D eigenvalue weighted by atomic mass is 32.1. The van der Waals surface area contributed by atoms with Gasteiger partial charge in [0.05, 0.1) is 12.1 Å². The Labute approximate surface area is 123 Å². The van der Waals surface area contributed by atoms with Gasteiger partial charge in [-0.1, -0.05) is 30.3 Å². The van der Waals surface area contributed by atoms with E-state index in [2.05, 4.69) is 17.1 Å². The van der Waals surface area contributed by atoms with Crippen molar-refractivity contribution in [3.63, 3.8) is 0 Å². The lowest BCUT2D eigenvalue weighted by atomic mass is 10.1. The number of thiazole rings is 1. The summed E-state index contributed by atoms with van der Waals surface area (Å²) in [4.78, 5) is 18.8. The molecule has 20 heavy (non-hydrogen) atoms. The Hall–Kier alpha value is -1.68. The van der Waals surface area contributed by atoms with E-state index in [4.69, 9.17) is 0 Å². The number of nitrogens with zero attached hydrogens (tertiary/aromatic N) is 2. The fourth-order valence-corrected chi connectivity index (χ4v) is 3.34. The third-order valence-corrected chi connectivity index (χ3v) is 4.55. The Morgan fingerprint density at radius 2 is 1.90 bits per heavy atom. The minimum absolute atomic E-state index is 0.217. The van der Waals surface area contributed by atoms with Crippen LogP contribution < -0.4 is 0 Å². The number of amides is 1. The SMILES string of the molecule is O=C(Cc1csc(-c2ccccc2)n1)N1CCCCC1. The maximum Gasteiger partial charge on any atom is 0.228 e. The van der Waals surface area contributed by atoms with E-state index in [1.165, 1.54) is 6.42 Å². The molecular weight excluding hydrogens is 268 g/mol. The molecule has 0 spiro atoms. The van der Waals surface area contributed by atoms with Crippen molar-refractivity contribution in [3.05, 3.63) is 41.4 Å². The lowest BCUT2D eigenvalue weighted by Crippen LogP contribution is -2.36. The van der Waals surface area contributed by atoms with E-state index >= 15 is 0 Å². The molecule has 3 rings (SSSR count). The van der Waals surface area contributed by atoms with E-state index < -0.39 is 0 Å². The summed E-state index contributed by atoms with van der Waals surface area (Å²) in [6.45, 7) is 1.82. The zero-order valence-corrected chi connectivity index (χ0v) is 12.2. The first-order chi connectivity index (χ1) is 9.83. The lowest BCUT2D eigenvalue weighted by molar-refractivity contribution is -0.131. The van der Waals surface area contributed by atoms with E-state index in [-0.39, 0.29) is 5.91 Å². The van der Waals surface area contributed by atoms with Gasteiger partial charge in [-0.3, -0.25) is 4.79 Å². The monoisotopic (exact) mass is 286 g/mol. The van der Waals surface area contributed by atoms with E-state index in [0.717, 1.165) is 42.2 Å². The molecule has 2 heterocycles. The van der Waals surface area contributed by atoms with Crippen LogP contribution in [0.25, 0.3) is 10.6 Å². The van der Waals surface area contributed by atoms with E-state index in [1.807, 2.05) is 28.5 Å². The highest BCUT2D eigenvalue weighted by Crippen LogP contribution is 2.23. The predicted octanol–water partition coefficient (Wildman–Crippen LogP) is 3.37. The lowest BCUT2D eigenvalue weighted by Gasteiger charge is -2.26. The van der Waals surface area contributed by atoms with Gasteiger partial charge in [0, 0.05) is 24.0 Å². The molecule has 1 aromatic carbocycles. The van der Waals surface area contributed by atoms with Gasteiger partial charge in [-0.25, -0.2) is 4.98 Å². The number of carbonyl (C=O) groups excluding carboxylic acids is 1. The van der Waals surface area contributed by atoms with Crippen LogP contribution >= 0.6 is 11.3 Å². The summed E-state index contributed by atoms with van der Waals surface area (Å²) in [5, 5.41) is 3.00. The van der Waals surface area contributed by atoms with Crippen molar-refractivity contribution in [2.45, 2.75) is 25.7 Å². The Kier molecular flexibility index (Phi) is 4.11. The number of carbonyl (C=O) groups is 1. The number of benzene rings is 1. The van der Waals surface area contributed by atoms with Crippen LogP contribution in [0.2, 0.25) is 0 Å². The van der Waals surface area contributed by atoms with Crippen molar-refractivity contribution in [1.82, 2.24) is 9.88 Å². The van der Waals surface area contributed by atoms with Gasteiger partial charge >= 0.3 is 0 Å². The van der Waals surface area contributed by atoms with E-state index in [9.17, 15) is 4.79 Å². The molecule has 0 saturated carbocycles. The van der Waals surface area contributed by atoms with Crippen molar-refractivity contribution in [1.29, 1.82) is 0 Å². The maximum absolute atomic E-state index is 12.2. The first-order valence-electron chi connectivity index (χ1n) is 7.10. The molecule has 1 saturated heterocycles. The Morgan fingerprint density at radius 3 is 2.65 bits per heavy atom. The van der Waals surface area contributed by atoms with Crippen LogP contribution in [0.1, 0.15) is 25.0 Å². The summed E-state index contributed by atoms with van der Waals surface area (Å²) < 4.78 is 0. The highest BCUT2D eigenvalue weighted by Gasteiger charge is 2.17. The molecule has 4 heteroatoms. The minimum atomic E-state index is 0.217. The van der Waals surface area contributed by atoms with Crippen molar-refractivity contribution >= 4 is 17.2 Å². The molecule has 1 fully saturated rings. The van der Waals surface area contributed by atoms with Crippen molar-refractivity contribution in [3.8, 4) is 10.6 Å².